The van der Waals surface area contributed by atoms with Gasteiger partial charge in [-0.15, -0.1) is 0 Å². The molecule has 1 amide bonds. The predicted octanol–water partition coefficient (Wildman–Crippen LogP) is 2.14. The van der Waals surface area contributed by atoms with Crippen molar-refractivity contribution >= 4 is 17.4 Å². The molecule has 1 aliphatic rings. The van der Waals surface area contributed by atoms with Gasteiger partial charge in [-0.05, 0) is 44.7 Å². The Hall–Kier alpha value is -1.62. The number of rotatable bonds is 5. The van der Waals surface area contributed by atoms with Gasteiger partial charge >= 0.3 is 0 Å². The second-order valence-electron chi connectivity index (χ2n) is 5.52. The molecule has 5 nitrogen and oxygen atoms in total. The Labute approximate surface area is 120 Å². The maximum atomic E-state index is 11.7. The van der Waals surface area contributed by atoms with Crippen LogP contribution in [0.1, 0.15) is 39.0 Å². The van der Waals surface area contributed by atoms with E-state index in [1.807, 2.05) is 19.1 Å². The van der Waals surface area contributed by atoms with Gasteiger partial charge in [-0.1, -0.05) is 0 Å². The molecule has 1 aromatic rings. The van der Waals surface area contributed by atoms with Crippen LogP contribution >= 0.6 is 0 Å². The monoisotopic (exact) mass is 276 g/mol. The summed E-state index contributed by atoms with van der Waals surface area (Å²) in [6.07, 6.45) is 6.66. The van der Waals surface area contributed by atoms with Crippen molar-refractivity contribution in [1.82, 2.24) is 4.98 Å². The summed E-state index contributed by atoms with van der Waals surface area (Å²) >= 11 is 0. The first kappa shape index (κ1) is 14.8. The smallest absolute Gasteiger partial charge is 0.224 e. The van der Waals surface area contributed by atoms with Crippen LogP contribution in [0.4, 0.5) is 11.5 Å². The molecule has 1 saturated heterocycles. The maximum Gasteiger partial charge on any atom is 0.224 e. The lowest BCUT2D eigenvalue weighted by Crippen LogP contribution is -2.30. The number of aromatic nitrogens is 1. The summed E-state index contributed by atoms with van der Waals surface area (Å²) in [4.78, 5) is 18.4. The number of amides is 1. The van der Waals surface area contributed by atoms with Crippen LogP contribution in [0.5, 0.6) is 0 Å². The van der Waals surface area contributed by atoms with Crippen molar-refractivity contribution in [3.63, 3.8) is 0 Å². The maximum absolute atomic E-state index is 11.7. The summed E-state index contributed by atoms with van der Waals surface area (Å²) in [5.41, 5.74) is 6.39. The summed E-state index contributed by atoms with van der Waals surface area (Å²) in [5.74, 6) is 0.994. The van der Waals surface area contributed by atoms with E-state index in [2.05, 4.69) is 15.2 Å². The summed E-state index contributed by atoms with van der Waals surface area (Å²) in [7, 11) is 0. The minimum absolute atomic E-state index is 0.00479. The zero-order valence-electron chi connectivity index (χ0n) is 12.1. The normalized spacial score (nSPS) is 16.8. The number of nitrogens with zero attached hydrogens (tertiary/aromatic N) is 2. The molecule has 0 aliphatic carbocycles. The number of pyridine rings is 1. The Morgan fingerprint density at radius 2 is 2.15 bits per heavy atom. The van der Waals surface area contributed by atoms with Crippen LogP contribution in [-0.2, 0) is 4.79 Å². The molecule has 0 bridgehead atoms. The lowest BCUT2D eigenvalue weighted by atomic mass is 10.1. The minimum Gasteiger partial charge on any atom is -0.357 e. The predicted molar refractivity (Wildman–Crippen MR) is 81.8 cm³/mol. The van der Waals surface area contributed by atoms with Crippen LogP contribution < -0.4 is 16.0 Å². The number of anilines is 2. The Balaban J connectivity index is 1.86. The fourth-order valence-corrected chi connectivity index (χ4v) is 2.35. The molecular formula is C15H24N4O. The van der Waals surface area contributed by atoms with Crippen LogP contribution in [0.3, 0.4) is 0 Å². The third kappa shape index (κ3) is 4.49. The van der Waals surface area contributed by atoms with Gasteiger partial charge in [0.05, 0.1) is 11.9 Å². The van der Waals surface area contributed by atoms with Crippen molar-refractivity contribution in [3.8, 4) is 0 Å². The number of carbonyl (C=O) groups excluding carboxylic acids is 1. The van der Waals surface area contributed by atoms with Gasteiger partial charge in [-0.3, -0.25) is 4.79 Å². The molecule has 20 heavy (non-hydrogen) atoms. The molecule has 1 fully saturated rings. The fraction of sp³-hybridized carbons (Fsp3) is 0.600. The highest BCUT2D eigenvalue weighted by molar-refractivity contribution is 5.90. The zero-order chi connectivity index (χ0) is 14.4. The van der Waals surface area contributed by atoms with Gasteiger partial charge in [0.2, 0.25) is 5.91 Å². The second-order valence-corrected chi connectivity index (χ2v) is 5.52. The number of carbonyl (C=O) groups is 1. The van der Waals surface area contributed by atoms with E-state index in [0.29, 0.717) is 12.8 Å². The molecule has 3 N–H and O–H groups in total. The van der Waals surface area contributed by atoms with E-state index in [1.165, 1.54) is 19.3 Å². The Morgan fingerprint density at radius 3 is 2.75 bits per heavy atom. The topological polar surface area (TPSA) is 71.2 Å². The molecule has 1 atom stereocenters. The largest absolute Gasteiger partial charge is 0.357 e. The second kappa shape index (κ2) is 7.24. The van der Waals surface area contributed by atoms with E-state index in [4.69, 9.17) is 5.73 Å². The summed E-state index contributed by atoms with van der Waals surface area (Å²) in [6, 6.07) is 3.95. The molecule has 5 heteroatoms. The number of hydrogen-bond donors (Lipinski definition) is 2. The van der Waals surface area contributed by atoms with Crippen molar-refractivity contribution in [2.75, 3.05) is 23.3 Å². The quantitative estimate of drug-likeness (QED) is 0.864. The average molecular weight is 276 g/mol. The van der Waals surface area contributed by atoms with Gasteiger partial charge < -0.3 is 16.0 Å². The molecule has 0 aromatic carbocycles. The van der Waals surface area contributed by atoms with Gasteiger partial charge in [0.25, 0.3) is 0 Å². The lowest BCUT2D eigenvalue weighted by molar-refractivity contribution is -0.116. The Kier molecular flexibility index (Phi) is 5.35. The number of nitrogens with two attached hydrogens (primary N) is 1. The molecular weight excluding hydrogens is 252 g/mol. The van der Waals surface area contributed by atoms with Crippen molar-refractivity contribution in [2.24, 2.45) is 5.73 Å². The molecule has 1 unspecified atom stereocenters. The first-order valence-electron chi connectivity index (χ1n) is 7.41. The zero-order valence-corrected chi connectivity index (χ0v) is 12.1. The third-order valence-electron chi connectivity index (χ3n) is 3.54. The molecule has 1 aliphatic heterocycles. The highest BCUT2D eigenvalue weighted by Gasteiger charge is 2.12. The number of hydrogen-bond acceptors (Lipinski definition) is 4. The SMILES string of the molecule is CC(N)CCC(=O)Nc1ccc(N2CCCCC2)nc1. The van der Waals surface area contributed by atoms with Gasteiger partial charge in [0, 0.05) is 25.6 Å². The van der Waals surface area contributed by atoms with E-state index in [9.17, 15) is 4.79 Å². The summed E-state index contributed by atoms with van der Waals surface area (Å²) < 4.78 is 0. The first-order valence-corrected chi connectivity index (χ1v) is 7.41. The van der Waals surface area contributed by atoms with Crippen molar-refractivity contribution in [2.45, 2.75) is 45.1 Å². The molecule has 110 valence electrons. The van der Waals surface area contributed by atoms with E-state index >= 15 is 0 Å². The van der Waals surface area contributed by atoms with Crippen LogP contribution in [0.25, 0.3) is 0 Å². The molecule has 0 radical (unpaired) electrons. The number of piperidine rings is 1. The van der Waals surface area contributed by atoms with Crippen LogP contribution in [0.15, 0.2) is 18.3 Å². The van der Waals surface area contributed by atoms with Gasteiger partial charge in [0.1, 0.15) is 5.82 Å². The van der Waals surface area contributed by atoms with Crippen molar-refractivity contribution in [3.05, 3.63) is 18.3 Å². The van der Waals surface area contributed by atoms with E-state index in [0.717, 1.165) is 24.6 Å². The first-order chi connectivity index (χ1) is 9.65. The molecule has 0 spiro atoms. The number of nitrogens with one attached hydrogen (secondary N) is 1. The molecule has 0 saturated carbocycles. The summed E-state index contributed by atoms with van der Waals surface area (Å²) in [6.45, 7) is 4.06. The van der Waals surface area contributed by atoms with Crippen LogP contribution in [-0.4, -0.2) is 30.0 Å². The lowest BCUT2D eigenvalue weighted by Gasteiger charge is -2.27. The highest BCUT2D eigenvalue weighted by atomic mass is 16.1. The van der Waals surface area contributed by atoms with Gasteiger partial charge in [-0.25, -0.2) is 4.98 Å². The molecule has 1 aromatic heterocycles. The van der Waals surface area contributed by atoms with Crippen molar-refractivity contribution in [1.29, 1.82) is 0 Å². The minimum atomic E-state index is -0.00479. The average Bonchev–Trinajstić information content (AvgIpc) is 2.47. The van der Waals surface area contributed by atoms with Crippen LogP contribution in [0.2, 0.25) is 0 Å². The van der Waals surface area contributed by atoms with E-state index in [1.54, 1.807) is 6.20 Å². The van der Waals surface area contributed by atoms with Gasteiger partial charge in [0.15, 0.2) is 0 Å². The third-order valence-corrected chi connectivity index (χ3v) is 3.54. The summed E-state index contributed by atoms with van der Waals surface area (Å²) in [5, 5.41) is 2.85. The molecule has 2 rings (SSSR count). The molecule has 2 heterocycles. The van der Waals surface area contributed by atoms with E-state index < -0.39 is 0 Å². The van der Waals surface area contributed by atoms with Crippen molar-refractivity contribution < 1.29 is 4.79 Å². The van der Waals surface area contributed by atoms with E-state index in [-0.39, 0.29) is 11.9 Å². The highest BCUT2D eigenvalue weighted by Crippen LogP contribution is 2.19. The van der Waals surface area contributed by atoms with Crippen LogP contribution in [0, 0.1) is 0 Å². The Bertz CT molecular complexity index is 424. The Morgan fingerprint density at radius 1 is 1.40 bits per heavy atom. The van der Waals surface area contributed by atoms with Gasteiger partial charge in [-0.2, -0.15) is 0 Å². The fourth-order valence-electron chi connectivity index (χ4n) is 2.35. The standard InChI is InChI=1S/C15H24N4O/c1-12(16)5-8-15(20)18-13-6-7-14(17-11-13)19-9-3-2-4-10-19/h6-7,11-12H,2-5,8-10,16H2,1H3,(H,18,20).